The van der Waals surface area contributed by atoms with Gasteiger partial charge in [0.2, 0.25) is 0 Å². The van der Waals surface area contributed by atoms with E-state index < -0.39 is 6.09 Å². The Hall–Kier alpha value is -6.14. The van der Waals surface area contributed by atoms with Crippen molar-refractivity contribution in [2.24, 2.45) is 27.1 Å². The SMILES string of the molecule is C#CCCCC(CCCOCc1ccccc1)(CCCOCc1ccccc1)CCCOCc1ccccc1.O=C(CCCCCCCNC(=O)OCc1c2ccccc2cc2ccccc12)CCC(CCCCCCCCC(CCO)(CCCO)CCCO)(CCCCCCCCC(CCCO)(CCCO)CCCO)CCCCCCCCC(CCCO)(CCCO)CCCO. The molecule has 132 heavy (non-hydrogen) atoms. The molecule has 0 bridgehead atoms. The number of ether oxygens (including phenoxy) is 4. The zero-order valence-electron chi connectivity index (χ0n) is 82.4. The maximum absolute atomic E-state index is 14.0. The largest absolute Gasteiger partial charge is 0.445 e. The Morgan fingerprint density at radius 1 is 0.273 bits per heavy atom. The second-order valence-corrected chi connectivity index (χ2v) is 39.3. The molecule has 0 unspecified atom stereocenters. The highest BCUT2D eigenvalue weighted by molar-refractivity contribution is 6.02. The molecule has 0 heterocycles. The van der Waals surface area contributed by atoms with Crippen LogP contribution in [0.4, 0.5) is 4.79 Å². The molecule has 0 spiro atoms. The van der Waals surface area contributed by atoms with E-state index in [0.717, 1.165) is 329 Å². The number of carbonyl (C=O) groups is 2. The summed E-state index contributed by atoms with van der Waals surface area (Å²) in [5.74, 6) is 3.24. The van der Waals surface area contributed by atoms with Gasteiger partial charge >= 0.3 is 6.09 Å². The van der Waals surface area contributed by atoms with Crippen LogP contribution in [-0.4, -0.2) is 144 Å². The molecule has 6 rings (SSSR count). The van der Waals surface area contributed by atoms with Crippen molar-refractivity contribution in [3.8, 4) is 12.3 Å². The first kappa shape index (κ1) is 116. The van der Waals surface area contributed by atoms with Crippen molar-refractivity contribution in [2.75, 3.05) is 85.8 Å². The van der Waals surface area contributed by atoms with Gasteiger partial charge in [0.25, 0.3) is 0 Å². The summed E-state index contributed by atoms with van der Waals surface area (Å²) in [4.78, 5) is 26.9. The summed E-state index contributed by atoms with van der Waals surface area (Å²) in [6.45, 7) is 6.59. The second-order valence-electron chi connectivity index (χ2n) is 39.3. The first-order chi connectivity index (χ1) is 64.8. The third-order valence-corrected chi connectivity index (χ3v) is 29.0. The average Bonchev–Trinajstić information content (AvgIpc) is 0.775. The molecule has 0 fully saturated rings. The van der Waals surface area contributed by atoms with E-state index in [0.29, 0.717) is 45.0 Å². The minimum Gasteiger partial charge on any atom is -0.445 e. The number of carbonyl (C=O) groups excluding carboxylic acids is 2. The normalized spacial score (nSPS) is 12.1. The van der Waals surface area contributed by atoms with E-state index >= 15 is 0 Å². The third-order valence-electron chi connectivity index (χ3n) is 29.0. The molecule has 0 aliphatic carbocycles. The Kier molecular flexibility index (Phi) is 66.9. The number of aliphatic hydroxyl groups excluding tert-OH is 9. The van der Waals surface area contributed by atoms with Crippen LogP contribution in [0.5, 0.6) is 0 Å². The van der Waals surface area contributed by atoms with Crippen LogP contribution in [0.2, 0.25) is 0 Å². The molecular formula is C116H185NO15. The van der Waals surface area contributed by atoms with Crippen molar-refractivity contribution in [3.63, 3.8) is 0 Å². The molecule has 10 N–H and O–H groups in total. The fourth-order valence-electron chi connectivity index (χ4n) is 21.4. The van der Waals surface area contributed by atoms with E-state index in [1.165, 1.54) is 93.7 Å². The Morgan fingerprint density at radius 2 is 0.545 bits per heavy atom. The van der Waals surface area contributed by atoms with Crippen LogP contribution >= 0.6 is 0 Å². The monoisotopic (exact) mass is 1830 g/mol. The van der Waals surface area contributed by atoms with Gasteiger partial charge in [0.05, 0.1) is 19.8 Å². The Labute approximate surface area is 800 Å². The average molecular weight is 1830 g/mol. The molecule has 0 saturated heterocycles. The number of amides is 1. The number of rotatable bonds is 87. The van der Waals surface area contributed by atoms with Crippen molar-refractivity contribution < 1.29 is 74.5 Å². The minimum atomic E-state index is -0.403. The number of nitrogens with one attached hydrogen (secondary N) is 1. The predicted octanol–water partition coefficient (Wildman–Crippen LogP) is 26.5. The smallest absolute Gasteiger partial charge is 0.407 e. The van der Waals surface area contributed by atoms with Gasteiger partial charge in [0, 0.05) is 111 Å². The quantitative estimate of drug-likeness (QED) is 0.00967. The number of alkyl carbamates (subject to hydrolysis) is 1. The Morgan fingerprint density at radius 3 is 0.871 bits per heavy atom. The van der Waals surface area contributed by atoms with Crippen molar-refractivity contribution in [3.05, 3.63) is 168 Å². The maximum atomic E-state index is 14.0. The number of hydrogen-bond donors (Lipinski definition) is 10. The summed E-state index contributed by atoms with van der Waals surface area (Å²) in [6, 6.07) is 49.9. The van der Waals surface area contributed by atoms with Crippen molar-refractivity contribution in [1.82, 2.24) is 5.32 Å². The lowest BCUT2D eigenvalue weighted by molar-refractivity contribution is -0.120. The maximum Gasteiger partial charge on any atom is 0.407 e. The van der Waals surface area contributed by atoms with Gasteiger partial charge in [-0.2, -0.15) is 0 Å². The summed E-state index contributed by atoms with van der Waals surface area (Å²) < 4.78 is 23.9. The van der Waals surface area contributed by atoms with E-state index in [2.05, 4.69) is 114 Å². The van der Waals surface area contributed by atoms with Crippen LogP contribution in [0.3, 0.4) is 0 Å². The van der Waals surface area contributed by atoms with Gasteiger partial charge in [0.1, 0.15) is 12.4 Å². The first-order valence-corrected chi connectivity index (χ1v) is 52.9. The van der Waals surface area contributed by atoms with Crippen LogP contribution in [0.25, 0.3) is 21.5 Å². The number of unbranched alkanes of at least 4 members (excludes halogenated alkanes) is 20. The highest BCUT2D eigenvalue weighted by Crippen LogP contribution is 2.46. The van der Waals surface area contributed by atoms with E-state index in [1.54, 1.807) is 0 Å². The van der Waals surface area contributed by atoms with Crippen molar-refractivity contribution in [2.45, 2.75) is 399 Å². The lowest BCUT2D eigenvalue weighted by Crippen LogP contribution is -2.25. The number of benzene rings is 6. The van der Waals surface area contributed by atoms with E-state index in [1.807, 2.05) is 42.5 Å². The molecule has 16 heteroatoms. The Bertz CT molecular complexity index is 3480. The van der Waals surface area contributed by atoms with Crippen LogP contribution in [0, 0.1) is 39.4 Å². The lowest BCUT2D eigenvalue weighted by atomic mass is 9.70. The fourth-order valence-corrected chi connectivity index (χ4v) is 21.4. The van der Waals surface area contributed by atoms with Crippen LogP contribution in [0.15, 0.2) is 146 Å². The minimum absolute atomic E-state index is 0.0214. The summed E-state index contributed by atoms with van der Waals surface area (Å²) >= 11 is 0. The molecule has 0 aromatic heterocycles. The van der Waals surface area contributed by atoms with E-state index in [9.17, 15) is 55.5 Å². The topological polar surface area (TPSA) is 265 Å². The van der Waals surface area contributed by atoms with Gasteiger partial charge < -0.3 is 70.2 Å². The zero-order valence-corrected chi connectivity index (χ0v) is 82.4. The molecule has 0 radical (unpaired) electrons. The molecule has 744 valence electrons. The molecule has 16 nitrogen and oxygen atoms in total. The molecule has 0 aliphatic rings. The van der Waals surface area contributed by atoms with E-state index in [-0.39, 0.29) is 93.1 Å². The predicted molar refractivity (Wildman–Crippen MR) is 545 cm³/mol. The molecule has 1 amide bonds. The molecular weight excluding hydrogens is 1650 g/mol. The van der Waals surface area contributed by atoms with Gasteiger partial charge in [0.15, 0.2) is 0 Å². The van der Waals surface area contributed by atoms with Gasteiger partial charge in [-0.05, 0) is 290 Å². The fraction of sp³-hybridized carbons (Fsp3) is 0.690. The number of Topliss-reactive ketones (excluding diaryl/α,β-unsaturated/α-hetero) is 1. The van der Waals surface area contributed by atoms with Crippen molar-refractivity contribution >= 4 is 33.4 Å². The van der Waals surface area contributed by atoms with Gasteiger partial charge in [-0.1, -0.05) is 274 Å². The van der Waals surface area contributed by atoms with Gasteiger partial charge in [-0.3, -0.25) is 4.79 Å². The molecule has 0 saturated carbocycles. The number of fused-ring (bicyclic) bond motifs is 2. The zero-order chi connectivity index (χ0) is 94.5. The number of ketones is 1. The third kappa shape index (κ3) is 51.9. The summed E-state index contributed by atoms with van der Waals surface area (Å²) in [7, 11) is 0. The van der Waals surface area contributed by atoms with Gasteiger partial charge in [-0.15, -0.1) is 12.3 Å². The molecule has 6 aromatic rings. The number of hydrogen-bond acceptors (Lipinski definition) is 15. The van der Waals surface area contributed by atoms with Crippen LogP contribution in [0.1, 0.15) is 395 Å². The van der Waals surface area contributed by atoms with E-state index in [4.69, 9.17) is 25.4 Å². The standard InChI is InChI=1S/C80H139NO12.C36H46O3/c82-59-28-48-77(49-29-60-83,50-30-61-84)42-21-9-1-3-11-23-44-79(46-25-13-5-6-14-26-47-80(57-67-90,54-34-65-88)55-35-66-89,45-24-12-4-2-10-22-43-78(51-31-62-85,52-32-63-86)53-33-64-87)56-41-72(91)38-16-8-7-15-27-58-81-76(92)93-69-75-73-39-19-17-36-70(73)68-71-37-18-20-40-74(71)75;1-2-3-13-23-36(24-14-27-37-30-33-17-7-4-8-18-33,25-15-28-38-31-34-19-9-5-10-20-34)26-16-29-39-32-35-21-11-6-12-22-35/h17-20,36-37,39-40,68,82-90H,1-16,21-35,38,41-67,69H2,(H,81,92);1,4-12,17-22H,3,13-16,23-32H2. The summed E-state index contributed by atoms with van der Waals surface area (Å²) in [5, 5.41) is 95.2. The van der Waals surface area contributed by atoms with Crippen LogP contribution in [-0.2, 0) is 50.2 Å². The number of aliphatic hydroxyl groups is 9. The first-order valence-electron chi connectivity index (χ1n) is 52.9. The summed E-state index contributed by atoms with van der Waals surface area (Å²) in [6.07, 6.45) is 63.6. The van der Waals surface area contributed by atoms with Crippen molar-refractivity contribution in [1.29, 1.82) is 0 Å². The Balaban J connectivity index is 0.000000652. The lowest BCUT2D eigenvalue weighted by Gasteiger charge is -2.35. The molecule has 0 aliphatic heterocycles. The number of terminal acetylenes is 1. The van der Waals surface area contributed by atoms with Gasteiger partial charge in [-0.25, -0.2) is 4.79 Å². The molecule has 6 aromatic carbocycles. The summed E-state index contributed by atoms with van der Waals surface area (Å²) in [5.41, 5.74) is 5.17. The highest BCUT2D eigenvalue weighted by Gasteiger charge is 2.34. The second kappa shape index (κ2) is 75.9. The highest BCUT2D eigenvalue weighted by atomic mass is 16.5. The molecule has 0 atom stereocenters. The van der Waals surface area contributed by atoms with Crippen LogP contribution < -0.4 is 5.32 Å².